The van der Waals surface area contributed by atoms with Crippen LogP contribution in [-0.4, -0.2) is 25.1 Å². The molecule has 2 unspecified atom stereocenters. The van der Waals surface area contributed by atoms with Crippen LogP contribution in [0.4, 0.5) is 5.69 Å². The fourth-order valence-electron chi connectivity index (χ4n) is 3.68. The van der Waals surface area contributed by atoms with E-state index >= 15 is 0 Å². The molecule has 1 amide bonds. The second kappa shape index (κ2) is 5.96. The molecule has 1 heterocycles. The van der Waals surface area contributed by atoms with Gasteiger partial charge in [-0.05, 0) is 43.2 Å². The van der Waals surface area contributed by atoms with E-state index in [1.165, 1.54) is 6.42 Å². The number of rotatable bonds is 2. The average molecular weight is 288 g/mol. The maximum Gasteiger partial charge on any atom is 0.255 e. The van der Waals surface area contributed by atoms with Crippen molar-refractivity contribution in [2.24, 2.45) is 11.8 Å². The summed E-state index contributed by atoms with van der Waals surface area (Å²) in [7, 11) is 0. The molecular weight excluding hydrogens is 264 g/mol. The number of anilines is 1. The van der Waals surface area contributed by atoms with Gasteiger partial charge in [-0.15, -0.1) is 0 Å². The first kappa shape index (κ1) is 14.2. The third kappa shape index (κ3) is 3.14. The van der Waals surface area contributed by atoms with E-state index < -0.39 is 0 Å². The molecule has 21 heavy (non-hydrogen) atoms. The van der Waals surface area contributed by atoms with E-state index in [-0.39, 0.29) is 11.9 Å². The molecule has 0 aromatic heterocycles. The number of carbonyl (C=O) groups is 1. The number of benzene rings is 1. The highest BCUT2D eigenvalue weighted by Crippen LogP contribution is 2.32. The highest BCUT2D eigenvalue weighted by atomic mass is 16.5. The van der Waals surface area contributed by atoms with Crippen molar-refractivity contribution in [1.29, 1.82) is 0 Å². The van der Waals surface area contributed by atoms with Gasteiger partial charge in [0.1, 0.15) is 6.61 Å². The number of carbonyl (C=O) groups excluding carboxylic acids is 1. The molecule has 0 saturated heterocycles. The SMILES string of the molecule is CC1CC(C)CC(NC(=O)c2cccc3c2OCCN3)C1. The normalized spacial score (nSPS) is 28.0. The van der Waals surface area contributed by atoms with Crippen LogP contribution >= 0.6 is 0 Å². The second-order valence-corrected chi connectivity index (χ2v) is 6.55. The van der Waals surface area contributed by atoms with Gasteiger partial charge in [0.2, 0.25) is 0 Å². The first-order valence-electron chi connectivity index (χ1n) is 7.94. The number of nitrogens with one attached hydrogen (secondary N) is 2. The first-order valence-corrected chi connectivity index (χ1v) is 7.94. The Bertz CT molecular complexity index is 520. The molecule has 1 saturated carbocycles. The van der Waals surface area contributed by atoms with Crippen molar-refractivity contribution >= 4 is 11.6 Å². The van der Waals surface area contributed by atoms with Crippen molar-refractivity contribution in [1.82, 2.24) is 5.32 Å². The van der Waals surface area contributed by atoms with Gasteiger partial charge in [0.15, 0.2) is 5.75 Å². The van der Waals surface area contributed by atoms with Gasteiger partial charge in [-0.25, -0.2) is 0 Å². The Kier molecular flexibility index (Phi) is 4.04. The van der Waals surface area contributed by atoms with Crippen molar-refractivity contribution in [2.45, 2.75) is 39.2 Å². The van der Waals surface area contributed by atoms with E-state index in [1.807, 2.05) is 18.2 Å². The van der Waals surface area contributed by atoms with Crippen LogP contribution in [0.3, 0.4) is 0 Å². The molecule has 2 aliphatic rings. The zero-order valence-corrected chi connectivity index (χ0v) is 12.8. The lowest BCUT2D eigenvalue weighted by molar-refractivity contribution is 0.0907. The van der Waals surface area contributed by atoms with Gasteiger partial charge < -0.3 is 15.4 Å². The van der Waals surface area contributed by atoms with Gasteiger partial charge in [0, 0.05) is 12.6 Å². The van der Waals surface area contributed by atoms with Crippen LogP contribution in [0, 0.1) is 11.8 Å². The monoisotopic (exact) mass is 288 g/mol. The zero-order valence-electron chi connectivity index (χ0n) is 12.8. The van der Waals surface area contributed by atoms with E-state index in [2.05, 4.69) is 24.5 Å². The Morgan fingerprint density at radius 2 is 2.00 bits per heavy atom. The van der Waals surface area contributed by atoms with Crippen molar-refractivity contribution in [3.8, 4) is 5.75 Å². The Morgan fingerprint density at radius 1 is 1.24 bits per heavy atom. The minimum Gasteiger partial charge on any atom is -0.489 e. The predicted octanol–water partition coefficient (Wildman–Crippen LogP) is 3.05. The number of fused-ring (bicyclic) bond motifs is 1. The second-order valence-electron chi connectivity index (χ2n) is 6.55. The quantitative estimate of drug-likeness (QED) is 0.879. The number of amides is 1. The van der Waals surface area contributed by atoms with Crippen LogP contribution in [0.5, 0.6) is 5.75 Å². The molecule has 1 aromatic rings. The van der Waals surface area contributed by atoms with Gasteiger partial charge >= 0.3 is 0 Å². The van der Waals surface area contributed by atoms with Gasteiger partial charge in [-0.2, -0.15) is 0 Å². The summed E-state index contributed by atoms with van der Waals surface area (Å²) < 4.78 is 5.68. The standard InChI is InChI=1S/C17H24N2O2/c1-11-8-12(2)10-13(9-11)19-17(20)14-4-3-5-15-16(14)21-7-6-18-15/h3-5,11-13,18H,6-10H2,1-2H3,(H,19,20). The smallest absolute Gasteiger partial charge is 0.255 e. The molecule has 3 rings (SSSR count). The maximum absolute atomic E-state index is 12.6. The molecule has 114 valence electrons. The minimum atomic E-state index is -0.0122. The summed E-state index contributed by atoms with van der Waals surface area (Å²) in [5.74, 6) is 2.04. The van der Waals surface area contributed by atoms with Crippen LogP contribution in [0.25, 0.3) is 0 Å². The Balaban J connectivity index is 1.74. The predicted molar refractivity (Wildman–Crippen MR) is 83.9 cm³/mol. The summed E-state index contributed by atoms with van der Waals surface area (Å²) >= 11 is 0. The van der Waals surface area contributed by atoms with Crippen molar-refractivity contribution in [3.05, 3.63) is 23.8 Å². The summed E-state index contributed by atoms with van der Waals surface area (Å²) in [6, 6.07) is 5.98. The highest BCUT2D eigenvalue weighted by molar-refractivity contribution is 5.99. The lowest BCUT2D eigenvalue weighted by atomic mass is 9.80. The lowest BCUT2D eigenvalue weighted by Crippen LogP contribution is -2.40. The van der Waals surface area contributed by atoms with Crippen LogP contribution in [0.2, 0.25) is 0 Å². The van der Waals surface area contributed by atoms with Crippen molar-refractivity contribution in [2.75, 3.05) is 18.5 Å². The average Bonchev–Trinajstić information content (AvgIpc) is 2.45. The molecule has 1 aliphatic heterocycles. The molecule has 2 atom stereocenters. The topological polar surface area (TPSA) is 50.4 Å². The van der Waals surface area contributed by atoms with E-state index in [1.54, 1.807) is 0 Å². The van der Waals surface area contributed by atoms with E-state index in [0.717, 1.165) is 25.1 Å². The number of hydrogen-bond acceptors (Lipinski definition) is 3. The molecule has 1 fully saturated rings. The van der Waals surface area contributed by atoms with Crippen LogP contribution < -0.4 is 15.4 Å². The van der Waals surface area contributed by atoms with Crippen molar-refractivity contribution in [3.63, 3.8) is 0 Å². The van der Waals surface area contributed by atoms with Crippen LogP contribution in [0.15, 0.2) is 18.2 Å². The molecule has 0 bridgehead atoms. The Hall–Kier alpha value is -1.71. The van der Waals surface area contributed by atoms with Crippen molar-refractivity contribution < 1.29 is 9.53 Å². The molecule has 1 aliphatic carbocycles. The third-order valence-electron chi connectivity index (χ3n) is 4.44. The number of ether oxygens (including phenoxy) is 1. The summed E-state index contributed by atoms with van der Waals surface area (Å²) in [4.78, 5) is 12.6. The molecule has 0 spiro atoms. The molecule has 2 N–H and O–H groups in total. The van der Waals surface area contributed by atoms with Gasteiger partial charge in [-0.1, -0.05) is 19.9 Å². The third-order valence-corrected chi connectivity index (χ3v) is 4.44. The first-order chi connectivity index (χ1) is 10.1. The molecular formula is C17H24N2O2. The van der Waals surface area contributed by atoms with E-state index in [0.29, 0.717) is 29.8 Å². The highest BCUT2D eigenvalue weighted by Gasteiger charge is 2.27. The fraction of sp³-hybridized carbons (Fsp3) is 0.588. The van der Waals surface area contributed by atoms with Gasteiger partial charge in [0.25, 0.3) is 5.91 Å². The molecule has 0 radical (unpaired) electrons. The summed E-state index contributed by atoms with van der Waals surface area (Å²) in [6.07, 6.45) is 3.41. The fourth-order valence-corrected chi connectivity index (χ4v) is 3.68. The van der Waals surface area contributed by atoms with Gasteiger partial charge in [0.05, 0.1) is 11.3 Å². The van der Waals surface area contributed by atoms with Crippen LogP contribution in [0.1, 0.15) is 43.5 Å². The summed E-state index contributed by atoms with van der Waals surface area (Å²) in [6.45, 7) is 5.93. The van der Waals surface area contributed by atoms with E-state index in [4.69, 9.17) is 4.74 Å². The molecule has 4 heteroatoms. The lowest BCUT2D eigenvalue weighted by Gasteiger charge is -2.32. The maximum atomic E-state index is 12.6. The summed E-state index contributed by atoms with van der Waals surface area (Å²) in [5, 5.41) is 6.47. The zero-order chi connectivity index (χ0) is 14.8. The largest absolute Gasteiger partial charge is 0.489 e. The Labute approximate surface area is 126 Å². The number of hydrogen-bond donors (Lipinski definition) is 2. The van der Waals surface area contributed by atoms with E-state index in [9.17, 15) is 4.79 Å². The van der Waals surface area contributed by atoms with Gasteiger partial charge in [-0.3, -0.25) is 4.79 Å². The molecule has 1 aromatic carbocycles. The Morgan fingerprint density at radius 3 is 2.76 bits per heavy atom. The number of para-hydroxylation sites is 1. The van der Waals surface area contributed by atoms with Crippen LogP contribution in [-0.2, 0) is 0 Å². The minimum absolute atomic E-state index is 0.0122. The molecule has 4 nitrogen and oxygen atoms in total. The summed E-state index contributed by atoms with van der Waals surface area (Å²) in [5.41, 5.74) is 1.56.